The van der Waals surface area contributed by atoms with Crippen LogP contribution in [0, 0.1) is 0 Å². The molecule has 0 saturated carbocycles. The van der Waals surface area contributed by atoms with E-state index in [9.17, 15) is 4.79 Å². The number of carboxylic acids is 1. The van der Waals surface area contributed by atoms with Gasteiger partial charge in [-0.2, -0.15) is 5.10 Å². The molecule has 128 valence electrons. The first-order valence-electron chi connectivity index (χ1n) is 8.07. The predicted molar refractivity (Wildman–Crippen MR) is 101 cm³/mol. The second-order valence-electron chi connectivity index (χ2n) is 5.81. The van der Waals surface area contributed by atoms with Crippen molar-refractivity contribution in [2.45, 2.75) is 6.42 Å². The average molecular weight is 361 g/mol. The van der Waals surface area contributed by atoms with Crippen LogP contribution in [-0.2, 0) is 6.42 Å². The summed E-state index contributed by atoms with van der Waals surface area (Å²) in [4.78, 5) is 15.0. The van der Waals surface area contributed by atoms with Gasteiger partial charge in [0, 0.05) is 18.0 Å². The molecule has 5 nitrogen and oxygen atoms in total. The van der Waals surface area contributed by atoms with E-state index in [1.807, 2.05) is 24.3 Å². The molecule has 2 aromatic carbocycles. The first kappa shape index (κ1) is 16.2. The Kier molecular flexibility index (Phi) is 4.33. The summed E-state index contributed by atoms with van der Waals surface area (Å²) in [6.07, 6.45) is 2.51. The van der Waals surface area contributed by atoms with E-state index in [0.29, 0.717) is 11.6 Å². The Labute approximate surface area is 154 Å². The van der Waals surface area contributed by atoms with Crippen molar-refractivity contribution < 1.29 is 9.90 Å². The van der Waals surface area contributed by atoms with Gasteiger partial charge in [-0.25, -0.2) is 14.5 Å². The maximum absolute atomic E-state index is 10.9. The van der Waals surface area contributed by atoms with Crippen LogP contribution in [-0.4, -0.2) is 25.8 Å². The first-order chi connectivity index (χ1) is 12.7. The Balaban J connectivity index is 1.49. The number of carboxylic acid groups (broad SMARTS) is 1. The lowest BCUT2D eigenvalue weighted by molar-refractivity contribution is 0.0691. The van der Waals surface area contributed by atoms with Crippen LogP contribution in [0.3, 0.4) is 0 Å². The molecule has 0 amide bonds. The lowest BCUT2D eigenvalue weighted by Gasteiger charge is -2.03. The van der Waals surface area contributed by atoms with Crippen LogP contribution >= 0.6 is 11.3 Å². The molecule has 4 aromatic rings. The van der Waals surface area contributed by atoms with Gasteiger partial charge in [0.2, 0.25) is 5.13 Å². The van der Waals surface area contributed by atoms with Crippen LogP contribution in [0.2, 0.25) is 0 Å². The Morgan fingerprint density at radius 1 is 1.00 bits per heavy atom. The number of aromatic carboxylic acids is 1. The van der Waals surface area contributed by atoms with Crippen LogP contribution in [0.4, 0.5) is 0 Å². The van der Waals surface area contributed by atoms with Crippen LogP contribution in [0.5, 0.6) is 0 Å². The van der Waals surface area contributed by atoms with Gasteiger partial charge < -0.3 is 5.11 Å². The van der Waals surface area contributed by atoms with E-state index in [2.05, 4.69) is 46.5 Å². The molecule has 0 aliphatic heterocycles. The minimum atomic E-state index is -1.03. The van der Waals surface area contributed by atoms with Crippen molar-refractivity contribution in [3.05, 3.63) is 89.2 Å². The van der Waals surface area contributed by atoms with Crippen LogP contribution < -0.4 is 0 Å². The molecule has 0 atom stereocenters. The van der Waals surface area contributed by atoms with Gasteiger partial charge >= 0.3 is 5.97 Å². The molecule has 0 fully saturated rings. The summed E-state index contributed by atoms with van der Waals surface area (Å²) < 4.78 is 1.62. The molecule has 0 radical (unpaired) electrons. The molecule has 6 heteroatoms. The molecule has 0 aliphatic carbocycles. The SMILES string of the molecule is O=C(O)c1csc(-n2ccc(Cc3ccc(-c4ccccc4)cc3)n2)n1. The third-order valence-corrected chi connectivity index (χ3v) is 4.83. The van der Waals surface area contributed by atoms with Crippen molar-refractivity contribution in [1.82, 2.24) is 14.8 Å². The lowest BCUT2D eigenvalue weighted by Crippen LogP contribution is -2.00. The number of thiazole rings is 1. The highest BCUT2D eigenvalue weighted by atomic mass is 32.1. The van der Waals surface area contributed by atoms with Gasteiger partial charge in [0.25, 0.3) is 0 Å². The molecular weight excluding hydrogens is 346 g/mol. The van der Waals surface area contributed by atoms with Crippen LogP contribution in [0.15, 0.2) is 72.2 Å². The summed E-state index contributed by atoms with van der Waals surface area (Å²) in [5, 5.41) is 15.5. The molecule has 26 heavy (non-hydrogen) atoms. The second kappa shape index (κ2) is 6.93. The van der Waals surface area contributed by atoms with E-state index in [1.165, 1.54) is 33.4 Å². The van der Waals surface area contributed by atoms with E-state index in [4.69, 9.17) is 5.11 Å². The Bertz CT molecular complexity index is 1040. The Morgan fingerprint density at radius 2 is 1.73 bits per heavy atom. The third kappa shape index (κ3) is 3.41. The van der Waals surface area contributed by atoms with E-state index in [-0.39, 0.29) is 5.69 Å². The largest absolute Gasteiger partial charge is 0.476 e. The zero-order chi connectivity index (χ0) is 17.9. The van der Waals surface area contributed by atoms with Crippen molar-refractivity contribution in [2.24, 2.45) is 0 Å². The summed E-state index contributed by atoms with van der Waals surface area (Å²) in [6, 6.07) is 20.6. The predicted octanol–water partition coefficient (Wildman–Crippen LogP) is 4.28. The second-order valence-corrected chi connectivity index (χ2v) is 6.65. The molecule has 2 heterocycles. The molecule has 0 saturated heterocycles. The van der Waals surface area contributed by atoms with Gasteiger partial charge in [-0.15, -0.1) is 11.3 Å². The third-order valence-electron chi connectivity index (χ3n) is 4.00. The number of carbonyl (C=O) groups is 1. The zero-order valence-electron chi connectivity index (χ0n) is 13.7. The summed E-state index contributed by atoms with van der Waals surface area (Å²) >= 11 is 1.26. The molecule has 0 spiro atoms. The van der Waals surface area contributed by atoms with Gasteiger partial charge in [-0.05, 0) is 22.8 Å². The van der Waals surface area contributed by atoms with Crippen LogP contribution in [0.25, 0.3) is 16.3 Å². The van der Waals surface area contributed by atoms with Gasteiger partial charge in [-0.1, -0.05) is 54.6 Å². The maximum Gasteiger partial charge on any atom is 0.355 e. The Hall–Kier alpha value is -3.25. The minimum absolute atomic E-state index is 0.0403. The van der Waals surface area contributed by atoms with Gasteiger partial charge in [-0.3, -0.25) is 0 Å². The van der Waals surface area contributed by atoms with E-state index < -0.39 is 5.97 Å². The zero-order valence-corrected chi connectivity index (χ0v) is 14.6. The highest BCUT2D eigenvalue weighted by Crippen LogP contribution is 2.20. The standard InChI is InChI=1S/C20H15N3O2S/c24-19(25)18-13-26-20(21-18)23-11-10-17(22-23)12-14-6-8-16(9-7-14)15-4-2-1-3-5-15/h1-11,13H,12H2,(H,24,25). The number of rotatable bonds is 5. The summed E-state index contributed by atoms with van der Waals surface area (Å²) in [7, 11) is 0. The van der Waals surface area contributed by atoms with Gasteiger partial charge in [0.1, 0.15) is 0 Å². The number of hydrogen-bond acceptors (Lipinski definition) is 4. The fourth-order valence-electron chi connectivity index (χ4n) is 2.69. The minimum Gasteiger partial charge on any atom is -0.476 e. The molecule has 0 unspecified atom stereocenters. The lowest BCUT2D eigenvalue weighted by atomic mass is 10.0. The molecular formula is C20H15N3O2S. The van der Waals surface area contributed by atoms with E-state index in [0.717, 1.165) is 5.69 Å². The molecule has 0 bridgehead atoms. The van der Waals surface area contributed by atoms with E-state index in [1.54, 1.807) is 10.9 Å². The van der Waals surface area contributed by atoms with Crippen molar-refractivity contribution in [1.29, 1.82) is 0 Å². The molecule has 0 aliphatic rings. The molecule has 1 N–H and O–H groups in total. The fraction of sp³-hybridized carbons (Fsp3) is 0.0500. The van der Waals surface area contributed by atoms with Crippen molar-refractivity contribution in [3.63, 3.8) is 0 Å². The first-order valence-corrected chi connectivity index (χ1v) is 8.95. The summed E-state index contributed by atoms with van der Waals surface area (Å²) in [6.45, 7) is 0. The number of benzene rings is 2. The highest BCUT2D eigenvalue weighted by molar-refractivity contribution is 7.12. The smallest absolute Gasteiger partial charge is 0.355 e. The van der Waals surface area contributed by atoms with Gasteiger partial charge in [0.15, 0.2) is 5.69 Å². The molecule has 2 aromatic heterocycles. The summed E-state index contributed by atoms with van der Waals surface area (Å²) in [5.41, 5.74) is 4.49. The van der Waals surface area contributed by atoms with Crippen LogP contribution in [0.1, 0.15) is 21.7 Å². The van der Waals surface area contributed by atoms with Crippen molar-refractivity contribution in [3.8, 4) is 16.3 Å². The fourth-order valence-corrected chi connectivity index (χ4v) is 3.42. The summed E-state index contributed by atoms with van der Waals surface area (Å²) in [5.74, 6) is -1.03. The van der Waals surface area contributed by atoms with Crippen molar-refractivity contribution in [2.75, 3.05) is 0 Å². The monoisotopic (exact) mass is 361 g/mol. The Morgan fingerprint density at radius 3 is 2.42 bits per heavy atom. The van der Waals surface area contributed by atoms with Gasteiger partial charge in [0.05, 0.1) is 5.69 Å². The number of nitrogens with zero attached hydrogens (tertiary/aromatic N) is 3. The number of aromatic nitrogens is 3. The highest BCUT2D eigenvalue weighted by Gasteiger charge is 2.11. The quantitative estimate of drug-likeness (QED) is 0.576. The maximum atomic E-state index is 10.9. The average Bonchev–Trinajstić information content (AvgIpc) is 3.32. The normalized spacial score (nSPS) is 10.8. The topological polar surface area (TPSA) is 68.0 Å². The van der Waals surface area contributed by atoms with E-state index >= 15 is 0 Å². The number of hydrogen-bond donors (Lipinski definition) is 1. The molecule has 4 rings (SSSR count). The van der Waals surface area contributed by atoms with Crippen molar-refractivity contribution >= 4 is 17.3 Å².